The standard InChI is InChI=1S/C42H34.C26H16N2O2Se.C15H16O2.C12H8N2.3C9H7NO.Al.Eu/c1-31-13-21-39(22-14-31)42(40-23-15-32(2)16-24-40)30-34-19-27-36(28-20-34)35-25-17-33(18-26-35)29-41(37-9-5-3-6-10-37)38-11-7-4-8-12-38;1-5-17-11-13-19-7-3-15-27-25(19)23(17)21(9-1)29-31(27)28-16-4-8-20-14-12-18-6-2-10-22(30-31)24(18)26(20)28;16-14(12-7-3-1-4-8-12)11-15(17)13-9-5-2-6-10-13;1-3-9-5-6-10-4-2-8-14-12(10)11(9)13-7-1;3*11-8-5-1-3-7-4-2-6-10-9(7)8;;/h3-30H,1-2H3;1-16H;1-10,14-17H,11H2;1-8H;3*1-6,11H;;/q;+2;;-2;;;;+3;+2/p-3. The molecule has 2 unspecified atom stereocenters. The average molecular weight is 2030 g/mol. The zero-order valence-electron chi connectivity index (χ0n) is 76.0. The van der Waals surface area contributed by atoms with Crippen LogP contribution in [-0.2, 0) is 0 Å². The van der Waals surface area contributed by atoms with Gasteiger partial charge in [0.05, 0.1) is 12.2 Å². The Morgan fingerprint density at radius 3 is 1.08 bits per heavy atom. The summed E-state index contributed by atoms with van der Waals surface area (Å²) >= 11 is -6.30. The smallest absolute Gasteiger partial charge is 0.576 e. The van der Waals surface area contributed by atoms with Crippen LogP contribution in [0.1, 0.15) is 74.3 Å². The molecule has 14 nitrogen and oxygen atoms in total. The molecule has 9 heterocycles. The minimum Gasteiger partial charge on any atom is -0.576 e. The molecule has 2 atom stereocenters. The van der Waals surface area contributed by atoms with Crippen molar-refractivity contribution in [1.29, 1.82) is 0 Å². The van der Waals surface area contributed by atoms with E-state index in [4.69, 9.17) is 19.0 Å². The number of aliphatic hydroxyl groups excluding tert-OH is 2. The molecular weight excluding hydrogens is 1930 g/mol. The van der Waals surface area contributed by atoms with Gasteiger partial charge in [0, 0.05) is 41.2 Å². The van der Waals surface area contributed by atoms with Crippen LogP contribution < -0.4 is 36.6 Å². The van der Waals surface area contributed by atoms with Gasteiger partial charge in [-0.05, 0) is 140 Å². The van der Waals surface area contributed by atoms with E-state index in [2.05, 4.69) is 338 Å². The van der Waals surface area contributed by atoms with Crippen molar-refractivity contribution >= 4 is 152 Å². The summed E-state index contributed by atoms with van der Waals surface area (Å²) in [6.07, 6.45) is 24.7. The van der Waals surface area contributed by atoms with Crippen molar-refractivity contribution in [3.8, 4) is 39.9 Å². The number of benzene rings is 16. The summed E-state index contributed by atoms with van der Waals surface area (Å²) in [6, 6.07) is 138. The Morgan fingerprint density at radius 1 is 0.353 bits per heavy atom. The van der Waals surface area contributed by atoms with Gasteiger partial charge in [0.15, 0.2) is 0 Å². The number of aryl methyl sites for hydroxylation is 2. The fraction of sp³-hybridized carbons (Fsp3) is 0.0410. The fourth-order valence-electron chi connectivity index (χ4n) is 17.7. The molecule has 17 heteroatoms. The molecule has 0 aliphatic carbocycles. The Kier molecular flexibility index (Phi) is 27.9. The summed E-state index contributed by atoms with van der Waals surface area (Å²) < 4.78 is 37.7. The van der Waals surface area contributed by atoms with E-state index in [1.54, 1.807) is 31.0 Å². The Balaban J connectivity index is 0.000000112. The van der Waals surface area contributed by atoms with Crippen LogP contribution in [0.3, 0.4) is 0 Å². The third-order valence-electron chi connectivity index (χ3n) is 24.6. The number of allylic oxidation sites excluding steroid dienone is 2. The quantitative estimate of drug-likeness (QED) is 0.0510. The molecule has 1 spiro atoms. The second-order valence-electron chi connectivity index (χ2n) is 33.8. The number of hydrogen-bond acceptors (Lipinski definition) is 10. The maximum Gasteiger partial charge on any atom is 1.20 e. The third kappa shape index (κ3) is 20.1. The van der Waals surface area contributed by atoms with Gasteiger partial charge in [-0.3, -0.25) is 15.0 Å². The van der Waals surface area contributed by atoms with Gasteiger partial charge >= 0.3 is 245 Å². The van der Waals surface area contributed by atoms with E-state index in [0.29, 0.717) is 23.7 Å². The fourth-order valence-corrected chi connectivity index (χ4v) is 24.5. The monoisotopic (exact) mass is 2030 g/mol. The van der Waals surface area contributed by atoms with Crippen molar-refractivity contribution in [3.05, 3.63) is 539 Å². The zero-order chi connectivity index (χ0) is 93.1. The maximum atomic E-state index is 9.99. The molecule has 5 aromatic heterocycles. The first kappa shape index (κ1) is 91.7. The first-order valence-electron chi connectivity index (χ1n) is 45.9. The number of hydrogen-bond donors (Lipinski definition) is 2. The molecule has 2 N–H and O–H groups in total. The number of nitrogens with zero attached hydrogens (tertiary/aromatic N) is 7. The number of aromatic nitrogens is 5. The normalized spacial score (nSPS) is 12.8. The Labute approximate surface area is 855 Å². The summed E-state index contributed by atoms with van der Waals surface area (Å²) in [6.45, 7) is 4.26. The zero-order valence-corrected chi connectivity index (χ0v) is 81.3. The molecule has 25 rings (SSSR count). The van der Waals surface area contributed by atoms with Crippen LogP contribution in [0.15, 0.2) is 462 Å². The summed E-state index contributed by atoms with van der Waals surface area (Å²) in [5.41, 5.74) is 22.9. The molecule has 0 bridgehead atoms. The summed E-state index contributed by atoms with van der Waals surface area (Å²) in [5.74, 6) is 3.61. The predicted octanol–water partition coefficient (Wildman–Crippen LogP) is 26.6. The van der Waals surface area contributed by atoms with Crippen LogP contribution in [0.4, 0.5) is 11.4 Å². The topological polar surface area (TPSA) is 161 Å². The molecule has 0 amide bonds. The molecule has 0 saturated carbocycles. The van der Waals surface area contributed by atoms with E-state index >= 15 is 0 Å². The molecule has 1 radical (unpaired) electrons. The van der Waals surface area contributed by atoms with E-state index in [-0.39, 0.29) is 49.4 Å². The van der Waals surface area contributed by atoms with Crippen LogP contribution in [-0.4, -0.2) is 54.3 Å². The summed E-state index contributed by atoms with van der Waals surface area (Å²) in [7, 11) is 0. The molecule has 21 aromatic rings. The van der Waals surface area contributed by atoms with Crippen molar-refractivity contribution < 1.29 is 85.8 Å². The molecule has 671 valence electrons. The van der Waals surface area contributed by atoms with Gasteiger partial charge < -0.3 is 32.2 Å². The number of aliphatic hydroxyl groups is 2. The second-order valence-corrected chi connectivity index (χ2v) is 39.3. The molecular formula is C122H92AlEuN7O7Se+2. The van der Waals surface area contributed by atoms with Gasteiger partial charge in [0.25, 0.3) is 0 Å². The molecule has 4 aliphatic heterocycles. The van der Waals surface area contributed by atoms with Gasteiger partial charge in [-0.15, -0.1) is 11.4 Å². The minimum absolute atomic E-state index is 0. The molecule has 0 saturated heterocycles. The summed E-state index contributed by atoms with van der Waals surface area (Å²) in [5, 5.41) is 40.9. The van der Waals surface area contributed by atoms with E-state index < -0.39 is 41.3 Å². The number of rotatable bonds is 17. The molecule has 4 aliphatic rings. The van der Waals surface area contributed by atoms with Gasteiger partial charge in [0.2, 0.25) is 0 Å². The van der Waals surface area contributed by atoms with Crippen LogP contribution in [0.25, 0.3) is 133 Å². The van der Waals surface area contributed by atoms with Crippen molar-refractivity contribution in [3.63, 3.8) is 0 Å². The number of fused-ring (bicyclic) bond motifs is 8. The van der Waals surface area contributed by atoms with E-state index in [9.17, 15) is 10.2 Å². The molecule has 16 aromatic carbocycles. The van der Waals surface area contributed by atoms with Gasteiger partial charge in [-0.1, -0.05) is 321 Å². The maximum absolute atomic E-state index is 9.99. The molecule has 0 fully saturated rings. The molecule has 139 heavy (non-hydrogen) atoms. The largest absolute Gasteiger partial charge is 1.20 e. The minimum atomic E-state index is -3.44. The van der Waals surface area contributed by atoms with Crippen LogP contribution >= 0.6 is 0 Å². The van der Waals surface area contributed by atoms with Crippen molar-refractivity contribution in [2.45, 2.75) is 32.5 Å². The summed E-state index contributed by atoms with van der Waals surface area (Å²) in [4.78, 5) is 13.5. The Hall–Kier alpha value is -15.1. The van der Waals surface area contributed by atoms with Crippen LogP contribution in [0.2, 0.25) is 0 Å². The first-order valence-corrected chi connectivity index (χ1v) is 50.3. The second kappa shape index (κ2) is 42.3. The number of para-hydroxylation sites is 3. The van der Waals surface area contributed by atoms with Crippen LogP contribution in [0, 0.1) is 63.2 Å². The SMILES string of the molecule is C1=C[N-]c2c3c(ccc2=C1)=CC=C[N-]3.Cc1ccc(C(=Cc2ccc(-c3ccc(C=C(c4ccccc4)c4ccccc4)cc3)cc2)c2ccc(C)cc2)cc1.OC(CC(O)c1ccccc1)c1ccccc1.[Eu+2].c1cc2c3c(c1)ccc1ccc[n+](c13)[Se]1(O2)Oc2cccc3ccc4ccc[n+]1c4c23.c1cnc2c([O][Al]([O]c3cccc4cccnc34)[O]c3cccc4cccnc34)cccc2c1. The van der Waals surface area contributed by atoms with Crippen molar-refractivity contribution in [1.82, 2.24) is 15.0 Å². The van der Waals surface area contributed by atoms with Gasteiger partial charge in [-0.2, -0.15) is 12.4 Å². The third-order valence-corrected chi connectivity index (χ3v) is 31.0. The number of pyridine rings is 5. The van der Waals surface area contributed by atoms with Crippen molar-refractivity contribution in [2.24, 2.45) is 0 Å². The van der Waals surface area contributed by atoms with Crippen molar-refractivity contribution in [2.75, 3.05) is 0 Å². The van der Waals surface area contributed by atoms with E-state index in [1.807, 2.05) is 164 Å². The predicted molar refractivity (Wildman–Crippen MR) is 561 cm³/mol. The van der Waals surface area contributed by atoms with Gasteiger partial charge in [0.1, 0.15) is 33.8 Å². The Bertz CT molecular complexity index is 7820. The van der Waals surface area contributed by atoms with E-state index in [0.717, 1.165) is 87.9 Å². The van der Waals surface area contributed by atoms with E-state index in [1.165, 1.54) is 99.4 Å². The Morgan fingerprint density at radius 2 is 0.691 bits per heavy atom. The van der Waals surface area contributed by atoms with Crippen LogP contribution in [0.5, 0.6) is 28.7 Å². The average Bonchev–Trinajstić information content (AvgIpc) is 0.685. The van der Waals surface area contributed by atoms with Gasteiger partial charge in [-0.25, -0.2) is 0 Å². The first-order chi connectivity index (χ1) is 68.0.